The van der Waals surface area contributed by atoms with E-state index in [-0.39, 0.29) is 75.5 Å². The molecule has 0 bridgehead atoms. The molecule has 2 atom stereocenters. The van der Waals surface area contributed by atoms with Crippen molar-refractivity contribution in [3.63, 3.8) is 0 Å². The minimum atomic E-state index is -1.11. The number of H-pyrrole nitrogens is 2. The summed E-state index contributed by atoms with van der Waals surface area (Å²) < 4.78 is 0. The number of para-hydroxylation sites is 2. The van der Waals surface area contributed by atoms with Crippen molar-refractivity contribution in [2.75, 3.05) is 13.1 Å². The standard InChI is InChI=1S/C26H27N6O3.Ac/c1-14-10-17-15-6-2-4-8-20(15)31-24(17)25-18(16-7-3-5-9-21(16)32-25)11-19(27)26(35)29-12-22(33)28-13-23(34)30-14;/h2-9,14,19,27,31-32H,10-13H2,1H3,(H,28,33)(H,29,35)(H,30,34);/q-1;/t14-,19+;/m1./s1. The van der Waals surface area contributed by atoms with Gasteiger partial charge < -0.3 is 31.7 Å². The zero-order chi connectivity index (χ0) is 24.5. The summed E-state index contributed by atoms with van der Waals surface area (Å²) in [6.07, 6.45) is 0.729. The predicted octanol–water partition coefficient (Wildman–Crippen LogP) is 2.57. The molecule has 2 aromatic heterocycles. The quantitative estimate of drug-likeness (QED) is 0.193. The fraction of sp³-hybridized carbons (Fsp3) is 0.269. The van der Waals surface area contributed by atoms with Crippen LogP contribution in [0.3, 0.4) is 0 Å². The van der Waals surface area contributed by atoms with Gasteiger partial charge in [-0.2, -0.15) is 0 Å². The first-order valence-corrected chi connectivity index (χ1v) is 11.6. The van der Waals surface area contributed by atoms with E-state index in [2.05, 4.69) is 25.9 Å². The molecule has 183 valence electrons. The molecule has 4 aromatic rings. The molecule has 1 radical (unpaired) electrons. The van der Waals surface area contributed by atoms with Crippen LogP contribution in [0.1, 0.15) is 18.1 Å². The SMILES string of the molecule is C[C@@H]1Cc2c([nH]c3ccccc23)-c2[nH]c3ccccc3c2C[C@H]([NH-])C(=O)NCC(=O)NCC(=O)N1.[Ac]. The van der Waals surface area contributed by atoms with Gasteiger partial charge in [-0.1, -0.05) is 42.4 Å². The first kappa shape index (κ1) is 26.4. The molecule has 2 aromatic carbocycles. The van der Waals surface area contributed by atoms with Crippen molar-refractivity contribution in [2.45, 2.75) is 31.8 Å². The number of rotatable bonds is 0. The van der Waals surface area contributed by atoms with Gasteiger partial charge in [0.05, 0.1) is 24.5 Å². The zero-order valence-electron chi connectivity index (χ0n) is 19.9. The van der Waals surface area contributed by atoms with Gasteiger partial charge in [0.2, 0.25) is 17.7 Å². The Balaban J connectivity index is 0.00000304. The Kier molecular flexibility index (Phi) is 8.18. The molecule has 0 saturated carbocycles. The third-order valence-corrected chi connectivity index (χ3v) is 6.39. The van der Waals surface area contributed by atoms with Crippen molar-refractivity contribution in [3.8, 4) is 11.4 Å². The molecule has 3 heterocycles. The van der Waals surface area contributed by atoms with Gasteiger partial charge in [-0.3, -0.25) is 14.4 Å². The smallest absolute Gasteiger partial charge is 0.239 e. The minimum Gasteiger partial charge on any atom is -0.667 e. The summed E-state index contributed by atoms with van der Waals surface area (Å²) in [4.78, 5) is 44.2. The number of aromatic amines is 2. The van der Waals surface area contributed by atoms with Crippen LogP contribution < -0.4 is 16.0 Å². The average Bonchev–Trinajstić information content (AvgIpc) is 3.39. The fourth-order valence-electron chi connectivity index (χ4n) is 4.76. The number of hydrogen-bond acceptors (Lipinski definition) is 3. The Bertz CT molecular complexity index is 1440. The van der Waals surface area contributed by atoms with Crippen LogP contribution in [0, 0.1) is 44.1 Å². The van der Waals surface area contributed by atoms with Crippen molar-refractivity contribution in [1.82, 2.24) is 25.9 Å². The van der Waals surface area contributed by atoms with E-state index in [4.69, 9.17) is 5.73 Å². The van der Waals surface area contributed by atoms with E-state index in [1.807, 2.05) is 55.5 Å². The van der Waals surface area contributed by atoms with Crippen molar-refractivity contribution in [1.29, 1.82) is 0 Å². The topological polar surface area (TPSA) is 143 Å². The number of aromatic nitrogens is 2. The van der Waals surface area contributed by atoms with Gasteiger partial charge >= 0.3 is 0 Å². The van der Waals surface area contributed by atoms with Gasteiger partial charge in [-0.05, 0) is 43.0 Å². The summed E-state index contributed by atoms with van der Waals surface area (Å²) in [5.74, 6) is -1.33. The Morgan fingerprint density at radius 1 is 0.750 bits per heavy atom. The molecule has 3 amide bonds. The van der Waals surface area contributed by atoms with Crippen LogP contribution in [0.2, 0.25) is 0 Å². The summed E-state index contributed by atoms with van der Waals surface area (Å²) in [5.41, 5.74) is 14.0. The van der Waals surface area contributed by atoms with E-state index in [0.717, 1.165) is 44.3 Å². The molecule has 1 aliphatic heterocycles. The van der Waals surface area contributed by atoms with Crippen molar-refractivity contribution in [2.24, 2.45) is 0 Å². The largest absolute Gasteiger partial charge is 0.667 e. The first-order chi connectivity index (χ1) is 16.9. The number of amides is 3. The van der Waals surface area contributed by atoms with Gasteiger partial charge in [0.15, 0.2) is 0 Å². The molecule has 36 heavy (non-hydrogen) atoms. The number of fused-ring (bicyclic) bond motifs is 7. The summed E-state index contributed by atoms with van der Waals surface area (Å²) in [6.45, 7) is 1.46. The summed E-state index contributed by atoms with van der Waals surface area (Å²) in [5, 5.41) is 9.96. The second kappa shape index (κ2) is 11.2. The first-order valence-electron chi connectivity index (χ1n) is 11.6. The van der Waals surface area contributed by atoms with Crippen molar-refractivity contribution in [3.05, 3.63) is 65.4 Å². The van der Waals surface area contributed by atoms with Crippen LogP contribution in [0.5, 0.6) is 0 Å². The van der Waals surface area contributed by atoms with Crippen LogP contribution in [-0.2, 0) is 27.2 Å². The maximum absolute atomic E-state index is 12.6. The number of hydrogen-bond donors (Lipinski definition) is 5. The van der Waals surface area contributed by atoms with Crippen molar-refractivity contribution >= 4 is 39.5 Å². The van der Waals surface area contributed by atoms with Crippen molar-refractivity contribution < 1.29 is 58.4 Å². The second-order valence-electron chi connectivity index (χ2n) is 8.97. The molecule has 0 spiro atoms. The molecule has 10 heteroatoms. The second-order valence-corrected chi connectivity index (χ2v) is 8.97. The monoisotopic (exact) mass is 698 g/mol. The number of benzene rings is 2. The predicted molar refractivity (Wildman–Crippen MR) is 135 cm³/mol. The van der Waals surface area contributed by atoms with Crippen LogP contribution >= 0.6 is 0 Å². The van der Waals surface area contributed by atoms with E-state index >= 15 is 0 Å². The third kappa shape index (κ3) is 5.36. The van der Waals surface area contributed by atoms with E-state index in [1.54, 1.807) is 0 Å². The van der Waals surface area contributed by atoms with Gasteiger partial charge in [0, 0.05) is 71.9 Å². The summed E-state index contributed by atoms with van der Waals surface area (Å²) in [6, 6.07) is 14.5. The molecular weight excluding hydrogens is 671 g/mol. The van der Waals surface area contributed by atoms with Crippen LogP contribution in [-0.4, -0.2) is 52.9 Å². The average molecular weight is 699 g/mol. The van der Waals surface area contributed by atoms with Gasteiger partial charge in [-0.25, -0.2) is 0 Å². The van der Waals surface area contributed by atoms with Gasteiger partial charge in [0.1, 0.15) is 0 Å². The molecule has 0 aliphatic carbocycles. The summed E-state index contributed by atoms with van der Waals surface area (Å²) >= 11 is 0. The Morgan fingerprint density at radius 3 is 1.89 bits per heavy atom. The van der Waals surface area contributed by atoms with Crippen LogP contribution in [0.15, 0.2) is 48.5 Å². The third-order valence-electron chi connectivity index (χ3n) is 6.39. The molecule has 0 saturated heterocycles. The summed E-state index contributed by atoms with van der Waals surface area (Å²) in [7, 11) is 0. The Morgan fingerprint density at radius 2 is 1.28 bits per heavy atom. The van der Waals surface area contributed by atoms with E-state index in [9.17, 15) is 14.4 Å². The van der Waals surface area contributed by atoms with Gasteiger partial charge in [0.25, 0.3) is 0 Å². The molecule has 1 aliphatic rings. The van der Waals surface area contributed by atoms with E-state index in [0.29, 0.717) is 6.42 Å². The zero-order valence-corrected chi connectivity index (χ0v) is 24.6. The maximum Gasteiger partial charge on any atom is 0.239 e. The number of nitrogens with one attached hydrogen (secondary N) is 6. The molecule has 5 rings (SSSR count). The molecule has 9 nitrogen and oxygen atoms in total. The fourth-order valence-corrected chi connectivity index (χ4v) is 4.76. The maximum atomic E-state index is 12.6. The molecular formula is C26H27AcN6O3-. The van der Waals surface area contributed by atoms with E-state index in [1.165, 1.54) is 0 Å². The van der Waals surface area contributed by atoms with Gasteiger partial charge in [-0.15, -0.1) is 0 Å². The molecule has 0 unspecified atom stereocenters. The normalized spacial score (nSPS) is 19.6. The molecule has 6 N–H and O–H groups in total. The Labute approximate surface area is 243 Å². The number of carbonyl (C=O) groups excluding carboxylic acids is 3. The number of carbonyl (C=O) groups is 3. The van der Waals surface area contributed by atoms with E-state index < -0.39 is 17.9 Å². The van der Waals surface area contributed by atoms with Crippen LogP contribution in [0.4, 0.5) is 0 Å². The Hall–Kier alpha value is -2.67. The molecule has 0 fully saturated rings. The van der Waals surface area contributed by atoms with Crippen LogP contribution in [0.25, 0.3) is 38.9 Å². The minimum absolute atomic E-state index is 0.